The Labute approximate surface area is 158 Å². The first kappa shape index (κ1) is 16.8. The second-order valence-electron chi connectivity index (χ2n) is 6.73. The highest BCUT2D eigenvalue weighted by Crippen LogP contribution is 2.42. The molecule has 2 heterocycles. The zero-order valence-electron chi connectivity index (χ0n) is 14.9. The molecule has 0 bridgehead atoms. The van der Waals surface area contributed by atoms with E-state index < -0.39 is 0 Å². The SMILES string of the molecule is CC(C)C1=NNCC1=C1C=C(Sc2ccc(N)cc2)c2ccccc2N1. The van der Waals surface area contributed by atoms with E-state index in [1.807, 2.05) is 12.1 Å². The third-order valence-electron chi connectivity index (χ3n) is 4.48. The molecule has 0 saturated heterocycles. The van der Waals surface area contributed by atoms with E-state index in [4.69, 9.17) is 5.73 Å². The molecular weight excluding hydrogens is 340 g/mol. The Bertz CT molecular complexity index is 923. The van der Waals surface area contributed by atoms with Gasteiger partial charge in [-0.15, -0.1) is 0 Å². The molecule has 0 fully saturated rings. The smallest absolute Gasteiger partial charge is 0.0699 e. The Balaban J connectivity index is 1.77. The molecule has 2 aromatic rings. The van der Waals surface area contributed by atoms with E-state index in [0.717, 1.165) is 29.3 Å². The summed E-state index contributed by atoms with van der Waals surface area (Å²) in [4.78, 5) is 2.40. The second-order valence-corrected chi connectivity index (χ2v) is 7.84. The van der Waals surface area contributed by atoms with Crippen molar-refractivity contribution in [1.29, 1.82) is 0 Å². The van der Waals surface area contributed by atoms with Crippen molar-refractivity contribution in [2.24, 2.45) is 11.0 Å². The zero-order chi connectivity index (χ0) is 18.1. The fourth-order valence-electron chi connectivity index (χ4n) is 3.18. The average Bonchev–Trinajstić information content (AvgIpc) is 3.14. The van der Waals surface area contributed by atoms with Crippen LogP contribution < -0.4 is 16.5 Å². The number of rotatable bonds is 3. The van der Waals surface area contributed by atoms with Crippen LogP contribution in [0.5, 0.6) is 0 Å². The highest BCUT2D eigenvalue weighted by molar-refractivity contribution is 8.08. The number of allylic oxidation sites excluding steroid dienone is 1. The van der Waals surface area contributed by atoms with Crippen molar-refractivity contribution in [1.82, 2.24) is 5.43 Å². The monoisotopic (exact) mass is 362 g/mol. The molecule has 0 amide bonds. The first-order chi connectivity index (χ1) is 12.6. The fraction of sp³-hybridized carbons (Fsp3) is 0.190. The Morgan fingerprint density at radius 1 is 1.08 bits per heavy atom. The summed E-state index contributed by atoms with van der Waals surface area (Å²) in [6.45, 7) is 5.11. The normalized spacial score (nSPS) is 18.7. The number of benzene rings is 2. The van der Waals surface area contributed by atoms with Crippen molar-refractivity contribution in [3.05, 3.63) is 71.4 Å². The van der Waals surface area contributed by atoms with Gasteiger partial charge in [0.05, 0.1) is 12.3 Å². The van der Waals surface area contributed by atoms with Crippen molar-refractivity contribution < 1.29 is 0 Å². The van der Waals surface area contributed by atoms with Gasteiger partial charge in [-0.1, -0.05) is 43.8 Å². The van der Waals surface area contributed by atoms with Gasteiger partial charge in [0.2, 0.25) is 0 Å². The van der Waals surface area contributed by atoms with Gasteiger partial charge < -0.3 is 16.5 Å². The Kier molecular flexibility index (Phi) is 4.47. The van der Waals surface area contributed by atoms with Crippen LogP contribution in [0.3, 0.4) is 0 Å². The van der Waals surface area contributed by atoms with Crippen molar-refractivity contribution >= 4 is 33.8 Å². The van der Waals surface area contributed by atoms with Crippen molar-refractivity contribution in [3.8, 4) is 0 Å². The molecule has 5 heteroatoms. The number of hydrogen-bond donors (Lipinski definition) is 3. The van der Waals surface area contributed by atoms with E-state index in [1.54, 1.807) is 11.8 Å². The summed E-state index contributed by atoms with van der Waals surface area (Å²) in [5.74, 6) is 0.382. The lowest BCUT2D eigenvalue weighted by molar-refractivity contribution is 0.840. The summed E-state index contributed by atoms with van der Waals surface area (Å²) in [6, 6.07) is 16.4. The lowest BCUT2D eigenvalue weighted by Gasteiger charge is -2.23. The number of nitrogens with one attached hydrogen (secondary N) is 2. The predicted molar refractivity (Wildman–Crippen MR) is 112 cm³/mol. The molecule has 4 N–H and O–H groups in total. The average molecular weight is 363 g/mol. The van der Waals surface area contributed by atoms with E-state index in [-0.39, 0.29) is 0 Å². The van der Waals surface area contributed by atoms with Gasteiger partial charge in [0.15, 0.2) is 0 Å². The molecule has 2 aromatic carbocycles. The summed E-state index contributed by atoms with van der Waals surface area (Å²) in [6.07, 6.45) is 2.24. The number of nitrogen functional groups attached to an aromatic ring is 1. The lowest BCUT2D eigenvalue weighted by Crippen LogP contribution is -2.17. The minimum atomic E-state index is 0.382. The van der Waals surface area contributed by atoms with Crippen LogP contribution in [0.25, 0.3) is 4.91 Å². The van der Waals surface area contributed by atoms with E-state index in [1.165, 1.54) is 20.9 Å². The molecule has 4 rings (SSSR count). The summed E-state index contributed by atoms with van der Waals surface area (Å²) < 4.78 is 0. The van der Waals surface area contributed by atoms with Gasteiger partial charge in [0, 0.05) is 38.0 Å². The van der Waals surface area contributed by atoms with Gasteiger partial charge in [0.1, 0.15) is 0 Å². The number of nitrogens with two attached hydrogens (primary N) is 1. The van der Waals surface area contributed by atoms with Gasteiger partial charge in [-0.2, -0.15) is 5.10 Å². The Morgan fingerprint density at radius 3 is 2.62 bits per heavy atom. The molecule has 2 aliphatic heterocycles. The number of anilines is 2. The van der Waals surface area contributed by atoms with Gasteiger partial charge >= 0.3 is 0 Å². The fourth-order valence-corrected chi connectivity index (χ4v) is 4.17. The maximum absolute atomic E-state index is 5.82. The minimum absolute atomic E-state index is 0.382. The molecule has 0 radical (unpaired) electrons. The molecule has 0 unspecified atom stereocenters. The quantitative estimate of drug-likeness (QED) is 0.693. The van der Waals surface area contributed by atoms with E-state index in [2.05, 4.69) is 72.2 Å². The van der Waals surface area contributed by atoms with Crippen molar-refractivity contribution in [2.45, 2.75) is 18.7 Å². The highest BCUT2D eigenvalue weighted by Gasteiger charge is 2.24. The van der Waals surface area contributed by atoms with E-state index >= 15 is 0 Å². The summed E-state index contributed by atoms with van der Waals surface area (Å²) >= 11 is 1.76. The van der Waals surface area contributed by atoms with Crippen molar-refractivity contribution in [3.63, 3.8) is 0 Å². The van der Waals surface area contributed by atoms with Crippen LogP contribution >= 0.6 is 11.8 Å². The summed E-state index contributed by atoms with van der Waals surface area (Å²) in [5, 5.41) is 8.08. The van der Waals surface area contributed by atoms with Gasteiger partial charge in [-0.25, -0.2) is 0 Å². The van der Waals surface area contributed by atoms with Crippen LogP contribution in [0.15, 0.2) is 75.9 Å². The molecule has 0 spiro atoms. The zero-order valence-corrected chi connectivity index (χ0v) is 15.7. The molecule has 2 aliphatic rings. The van der Waals surface area contributed by atoms with Crippen LogP contribution in [-0.2, 0) is 0 Å². The highest BCUT2D eigenvalue weighted by atomic mass is 32.2. The molecule has 0 atom stereocenters. The second kappa shape index (κ2) is 6.92. The van der Waals surface area contributed by atoms with Crippen LogP contribution in [-0.4, -0.2) is 12.3 Å². The van der Waals surface area contributed by atoms with Gasteiger partial charge in [0.25, 0.3) is 0 Å². The minimum Gasteiger partial charge on any atom is -0.399 e. The van der Waals surface area contributed by atoms with Crippen LogP contribution in [0, 0.1) is 5.92 Å². The third kappa shape index (κ3) is 3.22. The van der Waals surface area contributed by atoms with Crippen LogP contribution in [0.4, 0.5) is 11.4 Å². The van der Waals surface area contributed by atoms with E-state index in [0.29, 0.717) is 5.92 Å². The van der Waals surface area contributed by atoms with Crippen molar-refractivity contribution in [2.75, 3.05) is 17.6 Å². The summed E-state index contributed by atoms with van der Waals surface area (Å²) in [7, 11) is 0. The molecule has 0 aliphatic carbocycles. The maximum Gasteiger partial charge on any atom is 0.0699 e. The molecule has 26 heavy (non-hydrogen) atoms. The molecule has 132 valence electrons. The lowest BCUT2D eigenvalue weighted by atomic mass is 9.97. The van der Waals surface area contributed by atoms with Crippen LogP contribution in [0.1, 0.15) is 19.4 Å². The topological polar surface area (TPSA) is 62.4 Å². The third-order valence-corrected chi connectivity index (χ3v) is 5.55. The molecule has 4 nitrogen and oxygen atoms in total. The summed E-state index contributed by atoms with van der Waals surface area (Å²) in [5.41, 5.74) is 15.6. The van der Waals surface area contributed by atoms with E-state index in [9.17, 15) is 0 Å². The number of hydrazone groups is 1. The number of thioether (sulfide) groups is 1. The number of hydrogen-bond acceptors (Lipinski definition) is 5. The number of para-hydroxylation sites is 1. The molecular formula is C21H22N4S. The predicted octanol–water partition coefficient (Wildman–Crippen LogP) is 4.70. The first-order valence-corrected chi connectivity index (χ1v) is 9.59. The van der Waals surface area contributed by atoms with Gasteiger partial charge in [-0.05, 0) is 42.3 Å². The van der Waals surface area contributed by atoms with Crippen LogP contribution in [0.2, 0.25) is 0 Å². The molecule has 0 aromatic heterocycles. The maximum atomic E-state index is 5.82. The molecule has 0 saturated carbocycles. The Morgan fingerprint density at radius 2 is 1.85 bits per heavy atom. The Hall–Kier alpha value is -2.66. The first-order valence-electron chi connectivity index (χ1n) is 8.77. The standard InChI is InChI=1S/C21H22N4S/c1-13(2)21-17(12-23-25-21)19-11-20(16-5-3-4-6-18(16)24-19)26-15-9-7-14(22)8-10-15/h3-11,13,23-24H,12,22H2,1-2H3. The number of fused-ring (bicyclic) bond motifs is 1. The number of nitrogens with zero attached hydrogens (tertiary/aromatic N) is 1. The van der Waals surface area contributed by atoms with Gasteiger partial charge in [-0.3, -0.25) is 0 Å². The largest absolute Gasteiger partial charge is 0.399 e.